The van der Waals surface area contributed by atoms with Crippen LogP contribution in [0.15, 0.2) is 48.5 Å². The first kappa shape index (κ1) is 25.0. The van der Waals surface area contributed by atoms with Crippen molar-refractivity contribution in [2.75, 3.05) is 43.5 Å². The van der Waals surface area contributed by atoms with Gasteiger partial charge in [-0.2, -0.15) is 0 Å². The monoisotopic (exact) mass is 475 g/mol. The second-order valence-electron chi connectivity index (χ2n) is 8.09. The van der Waals surface area contributed by atoms with Crippen molar-refractivity contribution < 1.29 is 22.7 Å². The van der Waals surface area contributed by atoms with Gasteiger partial charge in [0.1, 0.15) is 11.8 Å². The van der Waals surface area contributed by atoms with Crippen molar-refractivity contribution in [2.45, 2.75) is 33.0 Å². The number of anilines is 1. The van der Waals surface area contributed by atoms with Crippen LogP contribution in [0.3, 0.4) is 0 Å². The van der Waals surface area contributed by atoms with Gasteiger partial charge >= 0.3 is 0 Å². The highest BCUT2D eigenvalue weighted by atomic mass is 32.2. The van der Waals surface area contributed by atoms with E-state index in [9.17, 15) is 13.2 Å². The molecule has 0 aliphatic carbocycles. The van der Waals surface area contributed by atoms with Crippen LogP contribution in [0.1, 0.15) is 25.0 Å². The molecule has 180 valence electrons. The summed E-state index contributed by atoms with van der Waals surface area (Å²) in [7, 11) is -3.68. The van der Waals surface area contributed by atoms with Crippen LogP contribution in [0.5, 0.6) is 5.75 Å². The summed E-state index contributed by atoms with van der Waals surface area (Å²) >= 11 is 0. The van der Waals surface area contributed by atoms with Gasteiger partial charge in [-0.05, 0) is 49.2 Å². The van der Waals surface area contributed by atoms with Crippen LogP contribution in [0.2, 0.25) is 0 Å². The van der Waals surface area contributed by atoms with Gasteiger partial charge in [-0.25, -0.2) is 8.42 Å². The third-order valence-electron chi connectivity index (χ3n) is 5.46. The molecule has 1 heterocycles. The van der Waals surface area contributed by atoms with E-state index < -0.39 is 16.1 Å². The van der Waals surface area contributed by atoms with Crippen molar-refractivity contribution in [3.63, 3.8) is 0 Å². The van der Waals surface area contributed by atoms with Gasteiger partial charge in [0.25, 0.3) is 0 Å². The maximum atomic E-state index is 12.9. The Labute approximate surface area is 196 Å². The fourth-order valence-electron chi connectivity index (χ4n) is 3.86. The molecule has 1 fully saturated rings. The Bertz CT molecular complexity index is 1020. The average Bonchev–Trinajstić information content (AvgIpc) is 2.79. The number of benzene rings is 2. The van der Waals surface area contributed by atoms with Crippen LogP contribution in [-0.4, -0.2) is 64.4 Å². The van der Waals surface area contributed by atoms with Crippen molar-refractivity contribution in [1.82, 2.24) is 10.2 Å². The fourth-order valence-corrected chi connectivity index (χ4v) is 5.03. The molecule has 1 aliphatic heterocycles. The van der Waals surface area contributed by atoms with Crippen molar-refractivity contribution >= 4 is 21.6 Å². The summed E-state index contributed by atoms with van der Waals surface area (Å²) in [6.07, 6.45) is 1.10. The zero-order valence-corrected chi connectivity index (χ0v) is 20.3. The molecule has 33 heavy (non-hydrogen) atoms. The number of morpholine rings is 1. The van der Waals surface area contributed by atoms with Crippen LogP contribution in [0.25, 0.3) is 0 Å². The highest BCUT2D eigenvalue weighted by molar-refractivity contribution is 7.92. The van der Waals surface area contributed by atoms with Crippen LogP contribution in [0, 0.1) is 0 Å². The van der Waals surface area contributed by atoms with Gasteiger partial charge < -0.3 is 14.8 Å². The number of nitrogens with zero attached hydrogens (tertiary/aromatic N) is 2. The number of rotatable bonds is 10. The molecule has 0 unspecified atom stereocenters. The van der Waals surface area contributed by atoms with E-state index in [0.29, 0.717) is 24.6 Å². The number of sulfonamides is 1. The lowest BCUT2D eigenvalue weighted by molar-refractivity contribution is -0.122. The number of nitrogens with one attached hydrogen (secondary N) is 1. The van der Waals surface area contributed by atoms with Crippen molar-refractivity contribution in [3.8, 4) is 5.75 Å². The number of amides is 1. The maximum absolute atomic E-state index is 12.9. The first-order valence-corrected chi connectivity index (χ1v) is 13.0. The largest absolute Gasteiger partial charge is 0.494 e. The lowest BCUT2D eigenvalue weighted by Crippen LogP contribution is -2.47. The molecule has 1 aliphatic rings. The lowest BCUT2D eigenvalue weighted by atomic mass is 10.1. The molecule has 2 aromatic rings. The van der Waals surface area contributed by atoms with Crippen molar-refractivity contribution in [3.05, 3.63) is 59.7 Å². The zero-order chi connectivity index (χ0) is 23.8. The van der Waals surface area contributed by atoms with Crippen LogP contribution < -0.4 is 14.4 Å². The number of ether oxygens (including phenoxy) is 2. The van der Waals surface area contributed by atoms with Crippen molar-refractivity contribution in [1.29, 1.82) is 0 Å². The van der Waals surface area contributed by atoms with E-state index in [2.05, 4.69) is 22.3 Å². The van der Waals surface area contributed by atoms with Crippen LogP contribution in [-0.2, 0) is 32.6 Å². The third kappa shape index (κ3) is 7.18. The number of carbonyl (C=O) groups excluding carboxylic acids is 1. The molecule has 0 radical (unpaired) electrons. The minimum Gasteiger partial charge on any atom is -0.494 e. The molecule has 1 amide bonds. The summed E-state index contributed by atoms with van der Waals surface area (Å²) in [6, 6.07) is 13.8. The fraction of sp³-hybridized carbons (Fsp3) is 0.458. The Hall–Kier alpha value is -2.62. The molecule has 1 atom stereocenters. The van der Waals surface area contributed by atoms with E-state index >= 15 is 0 Å². The van der Waals surface area contributed by atoms with Crippen LogP contribution in [0.4, 0.5) is 5.69 Å². The zero-order valence-electron chi connectivity index (χ0n) is 19.5. The Morgan fingerprint density at radius 3 is 2.45 bits per heavy atom. The average molecular weight is 476 g/mol. The molecule has 0 spiro atoms. The highest BCUT2D eigenvalue weighted by Gasteiger charge is 2.29. The summed E-state index contributed by atoms with van der Waals surface area (Å²) in [5.41, 5.74) is 2.55. The van der Waals surface area contributed by atoms with E-state index in [1.165, 1.54) is 5.56 Å². The summed E-state index contributed by atoms with van der Waals surface area (Å²) < 4.78 is 36.9. The molecule has 0 saturated carbocycles. The van der Waals surface area contributed by atoms with E-state index in [4.69, 9.17) is 9.47 Å². The van der Waals surface area contributed by atoms with E-state index in [0.717, 1.165) is 49.0 Å². The molecule has 0 bridgehead atoms. The van der Waals surface area contributed by atoms with Gasteiger partial charge in [0.2, 0.25) is 15.9 Å². The van der Waals surface area contributed by atoms with Crippen molar-refractivity contribution in [2.24, 2.45) is 0 Å². The van der Waals surface area contributed by atoms with Gasteiger partial charge in [0.15, 0.2) is 0 Å². The molecular formula is C24H33N3O5S. The Morgan fingerprint density at radius 2 is 1.82 bits per heavy atom. The summed E-state index contributed by atoms with van der Waals surface area (Å²) in [5.74, 6) is 0.275. The lowest BCUT2D eigenvalue weighted by Gasteiger charge is -2.28. The Kier molecular flexibility index (Phi) is 8.71. The normalized spacial score (nSPS) is 15.6. The molecule has 9 heteroatoms. The molecule has 1 N–H and O–H groups in total. The van der Waals surface area contributed by atoms with Gasteiger partial charge in [0.05, 0.1) is 31.8 Å². The smallest absolute Gasteiger partial charge is 0.243 e. The van der Waals surface area contributed by atoms with Gasteiger partial charge in [-0.15, -0.1) is 0 Å². The van der Waals surface area contributed by atoms with Gasteiger partial charge in [-0.3, -0.25) is 14.0 Å². The molecular weight excluding hydrogens is 442 g/mol. The Morgan fingerprint density at radius 1 is 1.15 bits per heavy atom. The standard InChI is InChI=1S/C24H33N3O5S/c1-4-32-23-10-8-22(9-11-23)27(33(3,29)30)19(2)24(28)25-17-20-6-5-7-21(16-20)18-26-12-14-31-15-13-26/h5-11,16,19H,4,12-15,17-18H2,1-3H3,(H,25,28)/t19-/m0/s1. The quantitative estimate of drug-likeness (QED) is 0.568. The highest BCUT2D eigenvalue weighted by Crippen LogP contribution is 2.24. The summed E-state index contributed by atoms with van der Waals surface area (Å²) in [6.45, 7) is 8.45. The predicted molar refractivity (Wildman–Crippen MR) is 129 cm³/mol. The molecule has 3 rings (SSSR count). The first-order chi connectivity index (χ1) is 15.8. The third-order valence-corrected chi connectivity index (χ3v) is 6.70. The van der Waals surface area contributed by atoms with Crippen LogP contribution >= 0.6 is 0 Å². The molecule has 2 aromatic carbocycles. The van der Waals surface area contributed by atoms with E-state index in [1.807, 2.05) is 19.1 Å². The topological polar surface area (TPSA) is 88.2 Å². The molecule has 8 nitrogen and oxygen atoms in total. The molecule has 1 saturated heterocycles. The number of hydrogen-bond donors (Lipinski definition) is 1. The molecule has 0 aromatic heterocycles. The SMILES string of the molecule is CCOc1ccc(N([C@@H](C)C(=O)NCc2cccc(CN3CCOCC3)c2)S(C)(=O)=O)cc1. The minimum atomic E-state index is -3.68. The minimum absolute atomic E-state index is 0.320. The summed E-state index contributed by atoms with van der Waals surface area (Å²) in [4.78, 5) is 15.2. The predicted octanol–water partition coefficient (Wildman–Crippen LogP) is 2.39. The Balaban J connectivity index is 1.64. The number of carbonyl (C=O) groups is 1. The second-order valence-corrected chi connectivity index (χ2v) is 9.95. The number of hydrogen-bond acceptors (Lipinski definition) is 6. The first-order valence-electron chi connectivity index (χ1n) is 11.2. The summed E-state index contributed by atoms with van der Waals surface area (Å²) in [5, 5.41) is 2.88. The second kappa shape index (κ2) is 11.5. The van der Waals surface area contributed by atoms with Gasteiger partial charge in [0, 0.05) is 26.2 Å². The van der Waals surface area contributed by atoms with Gasteiger partial charge in [-0.1, -0.05) is 24.3 Å². The van der Waals surface area contributed by atoms with E-state index in [1.54, 1.807) is 31.2 Å². The van der Waals surface area contributed by atoms with E-state index in [-0.39, 0.29) is 5.91 Å². The maximum Gasteiger partial charge on any atom is 0.243 e.